The van der Waals surface area contributed by atoms with E-state index < -0.39 is 0 Å². The second-order valence-electron chi connectivity index (χ2n) is 10.3. The smallest absolute Gasteiger partial charge is 0.164 e. The van der Waals surface area contributed by atoms with E-state index in [1.54, 1.807) is 12.4 Å². The summed E-state index contributed by atoms with van der Waals surface area (Å²) in [6, 6.07) is 37.6. The number of fused-ring (bicyclic) bond motifs is 6. The molecule has 1 aliphatic rings. The van der Waals surface area contributed by atoms with Crippen molar-refractivity contribution in [1.29, 1.82) is 0 Å². The van der Waals surface area contributed by atoms with Crippen LogP contribution in [0.1, 0.15) is 0 Å². The number of benzene rings is 5. The van der Waals surface area contributed by atoms with E-state index in [1.807, 2.05) is 54.6 Å². The Labute approximate surface area is 234 Å². The fourth-order valence-corrected chi connectivity index (χ4v) is 6.14. The summed E-state index contributed by atoms with van der Waals surface area (Å²) in [4.78, 5) is 19.3. The quantitative estimate of drug-likeness (QED) is 0.231. The molecule has 0 N–H and O–H groups in total. The van der Waals surface area contributed by atoms with E-state index in [1.165, 1.54) is 33.0 Å². The maximum atomic E-state index is 6.12. The zero-order valence-corrected chi connectivity index (χ0v) is 21.7. The fourth-order valence-electron chi connectivity index (χ4n) is 6.14. The van der Waals surface area contributed by atoms with Gasteiger partial charge in [0.05, 0.1) is 6.20 Å². The van der Waals surface area contributed by atoms with Gasteiger partial charge in [-0.05, 0) is 51.2 Å². The maximum absolute atomic E-state index is 6.12. The molecule has 0 radical (unpaired) electrons. The Morgan fingerprint density at radius 2 is 1.20 bits per heavy atom. The number of pyridine rings is 1. The van der Waals surface area contributed by atoms with Crippen molar-refractivity contribution in [2.75, 3.05) is 0 Å². The Hall–Kier alpha value is -5.68. The lowest BCUT2D eigenvalue weighted by atomic mass is 10.0. The van der Waals surface area contributed by atoms with Crippen molar-refractivity contribution in [2.45, 2.75) is 0 Å². The fraction of sp³-hybridized carbons (Fsp3) is 0. The number of nitrogens with zero attached hydrogens (tertiary/aromatic N) is 4. The summed E-state index contributed by atoms with van der Waals surface area (Å²) in [6.07, 6.45) is 3.53. The summed E-state index contributed by atoms with van der Waals surface area (Å²) < 4.78 is 6.12. The molecule has 0 aliphatic heterocycles. The molecule has 0 saturated heterocycles. The van der Waals surface area contributed by atoms with Crippen molar-refractivity contribution >= 4 is 32.7 Å². The molecular formula is C36H20N4O. The van der Waals surface area contributed by atoms with E-state index in [2.05, 4.69) is 59.6 Å². The minimum absolute atomic E-state index is 0.602. The minimum Gasteiger partial charge on any atom is -0.454 e. The molecule has 0 amide bonds. The van der Waals surface area contributed by atoms with Crippen LogP contribution in [-0.4, -0.2) is 19.9 Å². The normalized spacial score (nSPS) is 11.9. The third-order valence-electron chi connectivity index (χ3n) is 7.97. The predicted molar refractivity (Wildman–Crippen MR) is 163 cm³/mol. The number of aromatic nitrogens is 4. The van der Waals surface area contributed by atoms with Crippen LogP contribution >= 0.6 is 0 Å². The molecule has 3 aromatic heterocycles. The highest BCUT2D eigenvalue weighted by molar-refractivity contribution is 6.15. The van der Waals surface area contributed by atoms with E-state index in [9.17, 15) is 0 Å². The van der Waals surface area contributed by atoms with Crippen molar-refractivity contribution in [3.63, 3.8) is 0 Å². The summed E-state index contributed by atoms with van der Waals surface area (Å²) >= 11 is 0. The van der Waals surface area contributed by atoms with Crippen LogP contribution in [0, 0.1) is 0 Å². The molecule has 0 fully saturated rings. The average molecular weight is 525 g/mol. The van der Waals surface area contributed by atoms with Gasteiger partial charge in [0, 0.05) is 33.7 Å². The molecule has 5 heteroatoms. The Balaban J connectivity index is 1.29. The van der Waals surface area contributed by atoms with Gasteiger partial charge in [0.25, 0.3) is 0 Å². The van der Waals surface area contributed by atoms with Crippen molar-refractivity contribution in [1.82, 2.24) is 19.9 Å². The standard InChI is InChI=1S/C36H20N4O/c1-2-7-22(8-3-1)34-38-35(23-15-16-24-25-11-4-9-21-10-5-12-26(32(21)25)29(24)19-23)40-36(39-34)28-13-6-14-30-33(28)27-17-18-37-20-31(27)41-30/h1-20H. The Kier molecular flexibility index (Phi) is 4.55. The summed E-state index contributed by atoms with van der Waals surface area (Å²) in [6.45, 7) is 0. The number of rotatable bonds is 3. The van der Waals surface area contributed by atoms with E-state index in [0.29, 0.717) is 17.5 Å². The van der Waals surface area contributed by atoms with Crippen LogP contribution in [0.4, 0.5) is 0 Å². The molecule has 0 bridgehead atoms. The first-order valence-electron chi connectivity index (χ1n) is 13.6. The van der Waals surface area contributed by atoms with Crippen LogP contribution in [0.2, 0.25) is 0 Å². The average Bonchev–Trinajstić information content (AvgIpc) is 3.58. The van der Waals surface area contributed by atoms with Crippen molar-refractivity contribution in [3.05, 3.63) is 122 Å². The van der Waals surface area contributed by atoms with Crippen LogP contribution in [-0.2, 0) is 0 Å². The Morgan fingerprint density at radius 3 is 2.05 bits per heavy atom. The molecular weight excluding hydrogens is 504 g/mol. The molecule has 1 aliphatic carbocycles. The molecule has 0 spiro atoms. The number of furan rings is 1. The van der Waals surface area contributed by atoms with Crippen LogP contribution in [0.5, 0.6) is 0 Å². The monoisotopic (exact) mass is 524 g/mol. The topological polar surface area (TPSA) is 64.7 Å². The second-order valence-corrected chi connectivity index (χ2v) is 10.3. The van der Waals surface area contributed by atoms with Crippen molar-refractivity contribution < 1.29 is 4.42 Å². The third-order valence-corrected chi connectivity index (χ3v) is 7.97. The second kappa shape index (κ2) is 8.41. The molecule has 0 atom stereocenters. The van der Waals surface area contributed by atoms with Crippen LogP contribution in [0.25, 0.3) is 89.1 Å². The predicted octanol–water partition coefficient (Wildman–Crippen LogP) is 8.97. The summed E-state index contributed by atoms with van der Waals surface area (Å²) in [7, 11) is 0. The van der Waals surface area contributed by atoms with Gasteiger partial charge in [-0.1, -0.05) is 91.0 Å². The summed E-state index contributed by atoms with van der Waals surface area (Å²) in [5.41, 5.74) is 9.25. The largest absolute Gasteiger partial charge is 0.454 e. The highest BCUT2D eigenvalue weighted by Gasteiger charge is 2.23. The van der Waals surface area contributed by atoms with Gasteiger partial charge in [-0.15, -0.1) is 0 Å². The first-order valence-corrected chi connectivity index (χ1v) is 13.6. The minimum atomic E-state index is 0.602. The molecule has 0 unspecified atom stereocenters. The molecule has 5 nitrogen and oxygen atoms in total. The zero-order valence-electron chi connectivity index (χ0n) is 21.7. The molecule has 41 heavy (non-hydrogen) atoms. The SMILES string of the molecule is c1ccc(-c2nc(-c3ccc4c(c3)-c3cccc5cccc-4c35)nc(-c3cccc4oc5cnccc5c34)n2)cc1. The molecule has 9 rings (SSSR count). The van der Waals surface area contributed by atoms with Crippen LogP contribution in [0.3, 0.4) is 0 Å². The summed E-state index contributed by atoms with van der Waals surface area (Å²) in [5, 5.41) is 4.51. The van der Waals surface area contributed by atoms with E-state index in [0.717, 1.165) is 38.6 Å². The molecule has 0 saturated carbocycles. The van der Waals surface area contributed by atoms with Crippen molar-refractivity contribution in [3.8, 4) is 56.4 Å². The number of hydrogen-bond donors (Lipinski definition) is 0. The molecule has 3 heterocycles. The Morgan fingerprint density at radius 1 is 0.463 bits per heavy atom. The highest BCUT2D eigenvalue weighted by Crippen LogP contribution is 2.48. The van der Waals surface area contributed by atoms with Crippen LogP contribution in [0.15, 0.2) is 126 Å². The van der Waals surface area contributed by atoms with Gasteiger partial charge >= 0.3 is 0 Å². The van der Waals surface area contributed by atoms with Gasteiger partial charge < -0.3 is 4.42 Å². The molecule has 190 valence electrons. The lowest BCUT2D eigenvalue weighted by Crippen LogP contribution is -2.00. The summed E-state index contributed by atoms with van der Waals surface area (Å²) in [5.74, 6) is 1.86. The van der Waals surface area contributed by atoms with Crippen molar-refractivity contribution in [2.24, 2.45) is 0 Å². The third kappa shape index (κ3) is 3.29. The first kappa shape index (κ1) is 22.2. The van der Waals surface area contributed by atoms with Gasteiger partial charge in [-0.3, -0.25) is 4.98 Å². The highest BCUT2D eigenvalue weighted by atomic mass is 16.3. The van der Waals surface area contributed by atoms with Gasteiger partial charge in [-0.25, -0.2) is 15.0 Å². The van der Waals surface area contributed by atoms with Gasteiger partial charge in [-0.2, -0.15) is 0 Å². The van der Waals surface area contributed by atoms with E-state index in [4.69, 9.17) is 19.4 Å². The zero-order chi connectivity index (χ0) is 26.9. The van der Waals surface area contributed by atoms with Gasteiger partial charge in [0.15, 0.2) is 23.1 Å². The van der Waals surface area contributed by atoms with Gasteiger partial charge in [0.2, 0.25) is 0 Å². The Bertz CT molecular complexity index is 2320. The van der Waals surface area contributed by atoms with E-state index in [-0.39, 0.29) is 0 Å². The molecule has 5 aromatic carbocycles. The maximum Gasteiger partial charge on any atom is 0.164 e. The lowest BCUT2D eigenvalue weighted by Gasteiger charge is -2.10. The van der Waals surface area contributed by atoms with E-state index >= 15 is 0 Å². The molecule has 8 aromatic rings. The number of hydrogen-bond acceptors (Lipinski definition) is 5. The first-order chi connectivity index (χ1) is 20.3. The van der Waals surface area contributed by atoms with Gasteiger partial charge in [0.1, 0.15) is 5.58 Å². The lowest BCUT2D eigenvalue weighted by molar-refractivity contribution is 0.667. The van der Waals surface area contributed by atoms with Crippen LogP contribution < -0.4 is 0 Å².